The van der Waals surface area contributed by atoms with Crippen LogP contribution in [0, 0.1) is 0 Å². The monoisotopic (exact) mass is 934 g/mol. The maximum atomic E-state index is 5.22. The summed E-state index contributed by atoms with van der Waals surface area (Å²) in [7, 11) is 0. The summed E-state index contributed by atoms with van der Waals surface area (Å²) in [5, 5.41) is 9.90. The number of hydrogen-bond donors (Lipinski definition) is 0. The number of pyridine rings is 2. The van der Waals surface area contributed by atoms with Gasteiger partial charge < -0.3 is 8.80 Å². The molecule has 0 saturated carbocycles. The first-order valence-corrected chi connectivity index (χ1v) is 25.8. The van der Waals surface area contributed by atoms with Crippen molar-refractivity contribution in [1.29, 1.82) is 0 Å². The number of rotatable bonds is 4. The summed E-state index contributed by atoms with van der Waals surface area (Å²) < 4.78 is 4.99. The minimum absolute atomic E-state index is 0.0668. The molecule has 0 saturated heterocycles. The Kier molecular flexibility index (Phi) is 9.24. The molecule has 4 nitrogen and oxygen atoms in total. The molecule has 6 heterocycles. The van der Waals surface area contributed by atoms with Gasteiger partial charge in [-0.1, -0.05) is 180 Å². The summed E-state index contributed by atoms with van der Waals surface area (Å²) in [6.07, 6.45) is 4.22. The van der Waals surface area contributed by atoms with Crippen molar-refractivity contribution in [3.63, 3.8) is 0 Å². The summed E-state index contributed by atoms with van der Waals surface area (Å²) in [5.41, 5.74) is 21.7. The van der Waals surface area contributed by atoms with Crippen molar-refractivity contribution < 1.29 is 0 Å². The Morgan fingerprint density at radius 3 is 0.833 bits per heavy atom. The molecule has 0 unspecified atom stereocenters. The highest BCUT2D eigenvalue weighted by atomic mass is 15.0. The zero-order valence-corrected chi connectivity index (χ0v) is 43.8. The van der Waals surface area contributed by atoms with Gasteiger partial charge in [0.2, 0.25) is 0 Å². The van der Waals surface area contributed by atoms with E-state index in [1.54, 1.807) is 0 Å². The molecule has 13 rings (SSSR count). The SMILES string of the molecule is CC(C)(C)c1ccc(-c2cc3c4cc(-c5ccc(C(C)(C)C)cc5)ncc4n4c5cc6c(cc5c(c2)c34)c2cc(-c3ccc(C(C)(C)C)cc3)cc3c4cc(-c5ccc(C(C)(C)C)cc5)ncc4n6c32)cc1. The van der Waals surface area contributed by atoms with E-state index in [4.69, 9.17) is 9.97 Å². The average molecular weight is 935 g/mol. The Balaban J connectivity index is 1.10. The number of fused-ring (bicyclic) bond motifs is 12. The van der Waals surface area contributed by atoms with Gasteiger partial charge in [0.05, 0.1) is 56.9 Å². The number of benzene rings is 7. The highest BCUT2D eigenvalue weighted by molar-refractivity contribution is 6.30. The lowest BCUT2D eigenvalue weighted by molar-refractivity contribution is 0.590. The van der Waals surface area contributed by atoms with E-state index in [1.165, 1.54) is 110 Å². The summed E-state index contributed by atoms with van der Waals surface area (Å²) in [6.45, 7) is 27.3. The van der Waals surface area contributed by atoms with E-state index in [2.05, 4.69) is 250 Å². The minimum Gasteiger partial charge on any atom is -0.306 e. The molecule has 0 spiro atoms. The van der Waals surface area contributed by atoms with Crippen molar-refractivity contribution in [3.05, 3.63) is 180 Å². The van der Waals surface area contributed by atoms with Gasteiger partial charge in [-0.25, -0.2) is 0 Å². The fraction of sp³-hybridized carbons (Fsp3) is 0.235. The molecule has 7 aromatic carbocycles. The van der Waals surface area contributed by atoms with Crippen LogP contribution in [0.1, 0.15) is 105 Å². The van der Waals surface area contributed by atoms with Gasteiger partial charge in [0, 0.05) is 54.2 Å². The lowest BCUT2D eigenvalue weighted by Crippen LogP contribution is -2.10. The van der Waals surface area contributed by atoms with Gasteiger partial charge in [-0.15, -0.1) is 0 Å². The number of nitrogens with zero attached hydrogens (tertiary/aromatic N) is 4. The lowest BCUT2D eigenvalue weighted by atomic mass is 9.86. The average Bonchev–Trinajstić information content (AvgIpc) is 4.07. The van der Waals surface area contributed by atoms with Crippen LogP contribution in [0.25, 0.3) is 121 Å². The molecule has 0 fully saturated rings. The van der Waals surface area contributed by atoms with Crippen LogP contribution in [0.4, 0.5) is 0 Å². The predicted octanol–water partition coefficient (Wildman–Crippen LogP) is 18.6. The van der Waals surface area contributed by atoms with E-state index in [0.29, 0.717) is 0 Å². The zero-order valence-electron chi connectivity index (χ0n) is 43.8. The fourth-order valence-electron chi connectivity index (χ4n) is 11.6. The summed E-state index contributed by atoms with van der Waals surface area (Å²) in [6, 6.07) is 55.7. The Labute approximate surface area is 422 Å². The Hall–Kier alpha value is -7.56. The molecule has 0 aliphatic carbocycles. The van der Waals surface area contributed by atoms with Gasteiger partial charge in [0.15, 0.2) is 0 Å². The molecular formula is C68H62N4. The van der Waals surface area contributed by atoms with Crippen molar-refractivity contribution in [1.82, 2.24) is 18.8 Å². The van der Waals surface area contributed by atoms with Crippen molar-refractivity contribution in [2.45, 2.75) is 105 Å². The summed E-state index contributed by atoms with van der Waals surface area (Å²) in [4.78, 5) is 10.4. The second-order valence-corrected chi connectivity index (χ2v) is 24.9. The minimum atomic E-state index is 0.0668. The molecule has 0 radical (unpaired) electrons. The molecule has 0 bridgehead atoms. The Bertz CT molecular complexity index is 4010. The molecule has 0 N–H and O–H groups in total. The highest BCUT2D eigenvalue weighted by Gasteiger charge is 2.26. The molecule has 354 valence electrons. The molecule has 6 aromatic heterocycles. The van der Waals surface area contributed by atoms with Crippen LogP contribution < -0.4 is 0 Å². The third kappa shape index (κ3) is 6.78. The standard InChI is InChI=1S/C68H62N4/c1-65(2,3)45-21-13-39(14-22-45)43-29-53-49-33-50-54-30-44(40-15-23-46(24-16-40)66(4,5)6)32-56-52-35-58(42-19-27-48(28-20-42)68(10,11)12)70-38-62(52)72(64(54)56)60(50)36-59(49)71-61-37-69-57(34-51(61)55(31-43)63(53)71)41-17-25-47(26-18-41)67(7,8)9/h13-38H,1-12H3. The zero-order chi connectivity index (χ0) is 50.0. The predicted molar refractivity (Wildman–Crippen MR) is 308 cm³/mol. The third-order valence-electron chi connectivity index (χ3n) is 15.9. The van der Waals surface area contributed by atoms with Crippen LogP contribution in [0.15, 0.2) is 158 Å². The van der Waals surface area contributed by atoms with Crippen molar-refractivity contribution in [2.24, 2.45) is 0 Å². The molecule has 4 heteroatoms. The first-order valence-electron chi connectivity index (χ1n) is 25.8. The second-order valence-electron chi connectivity index (χ2n) is 24.9. The van der Waals surface area contributed by atoms with Gasteiger partial charge in [0.1, 0.15) is 0 Å². The molecule has 0 aliphatic rings. The summed E-state index contributed by atoms with van der Waals surface area (Å²) >= 11 is 0. The smallest absolute Gasteiger partial charge is 0.0725 e. The topological polar surface area (TPSA) is 34.6 Å². The van der Waals surface area contributed by atoms with E-state index in [1.807, 2.05) is 0 Å². The normalized spacial score (nSPS) is 13.3. The van der Waals surface area contributed by atoms with Crippen molar-refractivity contribution >= 4 is 76.2 Å². The van der Waals surface area contributed by atoms with E-state index in [9.17, 15) is 0 Å². The molecule has 13 aromatic rings. The van der Waals surface area contributed by atoms with Gasteiger partial charge in [-0.3, -0.25) is 9.97 Å². The quantitative estimate of drug-likeness (QED) is 0.176. The summed E-state index contributed by atoms with van der Waals surface area (Å²) in [5.74, 6) is 0. The van der Waals surface area contributed by atoms with E-state index >= 15 is 0 Å². The van der Waals surface area contributed by atoms with E-state index in [0.717, 1.165) is 33.5 Å². The van der Waals surface area contributed by atoms with Crippen molar-refractivity contribution in [3.8, 4) is 44.8 Å². The lowest BCUT2D eigenvalue weighted by Gasteiger charge is -2.19. The van der Waals surface area contributed by atoms with E-state index < -0.39 is 0 Å². The second kappa shape index (κ2) is 15.0. The van der Waals surface area contributed by atoms with Crippen LogP contribution in [0.5, 0.6) is 0 Å². The van der Waals surface area contributed by atoms with Crippen LogP contribution in [0.2, 0.25) is 0 Å². The largest absolute Gasteiger partial charge is 0.306 e. The van der Waals surface area contributed by atoms with Crippen LogP contribution in [0.3, 0.4) is 0 Å². The Morgan fingerprint density at radius 1 is 0.264 bits per heavy atom. The molecule has 0 amide bonds. The number of hydrogen-bond acceptors (Lipinski definition) is 2. The molecule has 0 atom stereocenters. The van der Waals surface area contributed by atoms with Gasteiger partial charge in [0.25, 0.3) is 0 Å². The maximum absolute atomic E-state index is 5.22. The number of aromatic nitrogens is 4. The van der Waals surface area contributed by atoms with Crippen LogP contribution >= 0.6 is 0 Å². The van der Waals surface area contributed by atoms with Crippen molar-refractivity contribution in [2.75, 3.05) is 0 Å². The molecule has 72 heavy (non-hydrogen) atoms. The molecular weight excluding hydrogens is 873 g/mol. The fourth-order valence-corrected chi connectivity index (χ4v) is 11.6. The Morgan fingerprint density at radius 2 is 0.542 bits per heavy atom. The van der Waals surface area contributed by atoms with Crippen LogP contribution in [-0.4, -0.2) is 18.8 Å². The first-order chi connectivity index (χ1) is 34.2. The van der Waals surface area contributed by atoms with Gasteiger partial charge in [-0.2, -0.15) is 0 Å². The molecule has 0 aliphatic heterocycles. The van der Waals surface area contributed by atoms with E-state index in [-0.39, 0.29) is 21.7 Å². The van der Waals surface area contributed by atoms with Gasteiger partial charge in [-0.05, 0) is 115 Å². The maximum Gasteiger partial charge on any atom is 0.0725 e. The first kappa shape index (κ1) is 44.4. The highest BCUT2D eigenvalue weighted by Crippen LogP contribution is 2.48. The van der Waals surface area contributed by atoms with Gasteiger partial charge >= 0.3 is 0 Å². The third-order valence-corrected chi connectivity index (χ3v) is 15.9. The van der Waals surface area contributed by atoms with Crippen LogP contribution in [-0.2, 0) is 21.7 Å².